The number of nitrogens with zero attached hydrogens (tertiary/aromatic N) is 1. The normalized spacial score (nSPS) is 19.9. The molecule has 0 aromatic carbocycles. The highest BCUT2D eigenvalue weighted by Gasteiger charge is 2.20. The summed E-state index contributed by atoms with van der Waals surface area (Å²) in [6.45, 7) is 2.20. The Morgan fingerprint density at radius 1 is 1.12 bits per heavy atom. The van der Waals surface area contributed by atoms with Gasteiger partial charge in [0.15, 0.2) is 0 Å². The van der Waals surface area contributed by atoms with Gasteiger partial charge in [0.25, 0.3) is 0 Å². The lowest BCUT2D eigenvalue weighted by Crippen LogP contribution is -2.45. The molecule has 0 spiro atoms. The van der Waals surface area contributed by atoms with Gasteiger partial charge in [0.05, 0.1) is 0 Å². The van der Waals surface area contributed by atoms with E-state index in [2.05, 4.69) is 10.6 Å². The molecule has 1 heterocycles. The molecule has 1 aliphatic heterocycles. The van der Waals surface area contributed by atoms with E-state index >= 15 is 0 Å². The summed E-state index contributed by atoms with van der Waals surface area (Å²) in [5, 5.41) is 5.62. The Balaban J connectivity index is 1.55. The molecule has 0 aromatic heterocycles. The van der Waals surface area contributed by atoms with Gasteiger partial charge in [0, 0.05) is 32.1 Å². The van der Waals surface area contributed by atoms with Crippen LogP contribution < -0.4 is 10.6 Å². The van der Waals surface area contributed by atoms with Crippen molar-refractivity contribution in [2.24, 2.45) is 0 Å². The molecule has 5 nitrogen and oxygen atoms in total. The van der Waals surface area contributed by atoms with E-state index in [1.54, 1.807) is 0 Å². The SMILES string of the molecule is O=C(NCCC(=O)N1CCCC1)NC1CCC1. The van der Waals surface area contributed by atoms with Gasteiger partial charge in [-0.2, -0.15) is 0 Å². The van der Waals surface area contributed by atoms with Gasteiger partial charge in [0.1, 0.15) is 0 Å². The molecule has 0 unspecified atom stereocenters. The van der Waals surface area contributed by atoms with E-state index < -0.39 is 0 Å². The van der Waals surface area contributed by atoms with Crippen molar-refractivity contribution in [3.8, 4) is 0 Å². The van der Waals surface area contributed by atoms with Crippen molar-refractivity contribution in [3.63, 3.8) is 0 Å². The molecule has 1 saturated heterocycles. The van der Waals surface area contributed by atoms with Gasteiger partial charge in [-0.25, -0.2) is 4.79 Å². The molecule has 2 rings (SSSR count). The summed E-state index contributed by atoms with van der Waals surface area (Å²) in [6.07, 6.45) is 6.01. The first-order valence-electron chi connectivity index (χ1n) is 6.58. The van der Waals surface area contributed by atoms with Crippen molar-refractivity contribution in [1.82, 2.24) is 15.5 Å². The van der Waals surface area contributed by atoms with Crippen LogP contribution in [0.1, 0.15) is 38.5 Å². The third-order valence-electron chi connectivity index (χ3n) is 3.52. The van der Waals surface area contributed by atoms with Gasteiger partial charge in [-0.05, 0) is 32.1 Å². The number of hydrogen-bond acceptors (Lipinski definition) is 2. The lowest BCUT2D eigenvalue weighted by Gasteiger charge is -2.26. The number of likely N-dealkylation sites (tertiary alicyclic amines) is 1. The van der Waals surface area contributed by atoms with Crippen molar-refractivity contribution in [3.05, 3.63) is 0 Å². The van der Waals surface area contributed by atoms with Crippen molar-refractivity contribution >= 4 is 11.9 Å². The lowest BCUT2D eigenvalue weighted by atomic mass is 9.93. The average Bonchev–Trinajstić information content (AvgIpc) is 2.76. The largest absolute Gasteiger partial charge is 0.343 e. The molecule has 2 fully saturated rings. The maximum absolute atomic E-state index is 11.7. The van der Waals surface area contributed by atoms with Gasteiger partial charge < -0.3 is 15.5 Å². The predicted octanol–water partition coefficient (Wildman–Crippen LogP) is 0.851. The summed E-state index contributed by atoms with van der Waals surface area (Å²) in [5.41, 5.74) is 0. The van der Waals surface area contributed by atoms with Gasteiger partial charge in [0.2, 0.25) is 5.91 Å². The second kappa shape index (κ2) is 5.89. The van der Waals surface area contributed by atoms with Crippen LogP contribution in [0.2, 0.25) is 0 Å². The summed E-state index contributed by atoms with van der Waals surface area (Å²) in [6, 6.07) is 0.216. The van der Waals surface area contributed by atoms with E-state index in [1.807, 2.05) is 4.90 Å². The highest BCUT2D eigenvalue weighted by atomic mass is 16.2. The summed E-state index contributed by atoms with van der Waals surface area (Å²) in [4.78, 5) is 25.0. The molecule has 1 aliphatic carbocycles. The topological polar surface area (TPSA) is 61.4 Å². The Bertz CT molecular complexity index is 283. The Morgan fingerprint density at radius 2 is 1.82 bits per heavy atom. The maximum atomic E-state index is 11.7. The zero-order valence-corrected chi connectivity index (χ0v) is 10.2. The van der Waals surface area contributed by atoms with E-state index in [1.165, 1.54) is 6.42 Å². The molecule has 0 radical (unpaired) electrons. The molecule has 0 aromatic rings. The Labute approximate surface area is 102 Å². The zero-order chi connectivity index (χ0) is 12.1. The number of hydrogen-bond donors (Lipinski definition) is 2. The number of nitrogens with one attached hydrogen (secondary N) is 2. The van der Waals surface area contributed by atoms with Crippen LogP contribution in [0.15, 0.2) is 0 Å². The fraction of sp³-hybridized carbons (Fsp3) is 0.833. The molecule has 1 saturated carbocycles. The molecule has 17 heavy (non-hydrogen) atoms. The minimum Gasteiger partial charge on any atom is -0.343 e. The fourth-order valence-corrected chi connectivity index (χ4v) is 2.20. The molecule has 2 aliphatic rings. The third-order valence-corrected chi connectivity index (χ3v) is 3.52. The quantitative estimate of drug-likeness (QED) is 0.764. The zero-order valence-electron chi connectivity index (χ0n) is 10.2. The molecular weight excluding hydrogens is 218 g/mol. The molecule has 2 N–H and O–H groups in total. The number of urea groups is 1. The molecule has 96 valence electrons. The molecule has 5 heteroatoms. The van der Waals surface area contributed by atoms with Crippen LogP contribution in [0.5, 0.6) is 0 Å². The molecule has 0 bridgehead atoms. The first kappa shape index (κ1) is 12.2. The molecular formula is C12H21N3O2. The van der Waals surface area contributed by atoms with Crippen LogP contribution in [0.25, 0.3) is 0 Å². The van der Waals surface area contributed by atoms with E-state index in [0.717, 1.165) is 38.8 Å². The first-order chi connectivity index (χ1) is 8.25. The summed E-state index contributed by atoms with van der Waals surface area (Å²) >= 11 is 0. The molecule has 0 atom stereocenters. The lowest BCUT2D eigenvalue weighted by molar-refractivity contribution is -0.129. The Morgan fingerprint density at radius 3 is 2.41 bits per heavy atom. The van der Waals surface area contributed by atoms with Crippen molar-refractivity contribution in [1.29, 1.82) is 0 Å². The summed E-state index contributed by atoms with van der Waals surface area (Å²) in [7, 11) is 0. The summed E-state index contributed by atoms with van der Waals surface area (Å²) in [5.74, 6) is 0.159. The van der Waals surface area contributed by atoms with E-state index in [4.69, 9.17) is 0 Å². The van der Waals surface area contributed by atoms with Gasteiger partial charge in [-0.1, -0.05) is 0 Å². The van der Waals surface area contributed by atoms with Crippen LogP contribution in [0.4, 0.5) is 4.79 Å². The minimum absolute atomic E-state index is 0.135. The van der Waals surface area contributed by atoms with E-state index in [9.17, 15) is 9.59 Å². The minimum atomic E-state index is -0.135. The van der Waals surface area contributed by atoms with Gasteiger partial charge in [-0.3, -0.25) is 4.79 Å². The van der Waals surface area contributed by atoms with Crippen molar-refractivity contribution in [2.45, 2.75) is 44.6 Å². The van der Waals surface area contributed by atoms with Gasteiger partial charge >= 0.3 is 6.03 Å². The van der Waals surface area contributed by atoms with Crippen LogP contribution in [-0.2, 0) is 4.79 Å². The standard InChI is InChI=1S/C12H21N3O2/c16-11(15-8-1-2-9-15)6-7-13-12(17)14-10-4-3-5-10/h10H,1-9H2,(H2,13,14,17). The van der Waals surface area contributed by atoms with Crippen LogP contribution >= 0.6 is 0 Å². The average molecular weight is 239 g/mol. The smallest absolute Gasteiger partial charge is 0.315 e. The number of carbonyl (C=O) groups excluding carboxylic acids is 2. The van der Waals surface area contributed by atoms with E-state index in [-0.39, 0.29) is 11.9 Å². The number of rotatable bonds is 4. The van der Waals surface area contributed by atoms with Crippen LogP contribution in [-0.4, -0.2) is 42.5 Å². The molecule has 3 amide bonds. The maximum Gasteiger partial charge on any atom is 0.315 e. The first-order valence-corrected chi connectivity index (χ1v) is 6.58. The van der Waals surface area contributed by atoms with E-state index in [0.29, 0.717) is 19.0 Å². The fourth-order valence-electron chi connectivity index (χ4n) is 2.20. The van der Waals surface area contributed by atoms with Crippen molar-refractivity contribution in [2.75, 3.05) is 19.6 Å². The third kappa shape index (κ3) is 3.61. The highest BCUT2D eigenvalue weighted by molar-refractivity contribution is 5.78. The second-order valence-corrected chi connectivity index (χ2v) is 4.87. The Kier molecular flexibility index (Phi) is 4.23. The van der Waals surface area contributed by atoms with Gasteiger partial charge in [-0.15, -0.1) is 0 Å². The predicted molar refractivity (Wildman–Crippen MR) is 64.6 cm³/mol. The highest BCUT2D eigenvalue weighted by Crippen LogP contribution is 2.17. The number of amides is 3. The van der Waals surface area contributed by atoms with Crippen LogP contribution in [0.3, 0.4) is 0 Å². The van der Waals surface area contributed by atoms with Crippen molar-refractivity contribution < 1.29 is 9.59 Å². The second-order valence-electron chi connectivity index (χ2n) is 4.87. The monoisotopic (exact) mass is 239 g/mol. The summed E-state index contributed by atoms with van der Waals surface area (Å²) < 4.78 is 0. The number of carbonyl (C=O) groups is 2. The Hall–Kier alpha value is -1.26. The van der Waals surface area contributed by atoms with Crippen LogP contribution in [0, 0.1) is 0 Å².